The smallest absolute Gasteiger partial charge is 0.0635 e. The molecule has 0 radical (unpaired) electrons. The fourth-order valence-corrected chi connectivity index (χ4v) is 4.91. The maximum atomic E-state index is 6.33. The minimum absolute atomic E-state index is 0.325. The van der Waals surface area contributed by atoms with Gasteiger partial charge in [0, 0.05) is 53.1 Å². The van der Waals surface area contributed by atoms with E-state index in [4.69, 9.17) is 11.6 Å². The summed E-state index contributed by atoms with van der Waals surface area (Å²) < 4.78 is 2.53. The molecule has 2 aliphatic heterocycles. The molecule has 0 spiro atoms. The number of halogens is 1. The Kier molecular flexibility index (Phi) is 3.64. The van der Waals surface area contributed by atoms with Crippen molar-refractivity contribution in [2.45, 2.75) is 32.1 Å². The number of pyridine rings is 1. The molecule has 4 heterocycles. The Labute approximate surface area is 159 Å². The number of aryl methyl sites for hydroxylation is 1. The van der Waals surface area contributed by atoms with Crippen LogP contribution < -0.4 is 0 Å². The molecule has 2 atom stereocenters. The Morgan fingerprint density at radius 2 is 1.92 bits per heavy atom. The zero-order valence-corrected chi connectivity index (χ0v) is 16.2. The molecule has 2 unspecified atom stereocenters. The summed E-state index contributed by atoms with van der Waals surface area (Å²) in [6.07, 6.45) is 2.04. The minimum atomic E-state index is 0.325. The van der Waals surface area contributed by atoms with Crippen LogP contribution in [0.4, 0.5) is 0 Å². The van der Waals surface area contributed by atoms with Crippen LogP contribution in [0.1, 0.15) is 34.6 Å². The fourth-order valence-electron chi connectivity index (χ4n) is 4.73. The second-order valence-corrected chi connectivity index (χ2v) is 8.20. The van der Waals surface area contributed by atoms with Crippen LogP contribution in [-0.4, -0.2) is 40.0 Å². The third kappa shape index (κ3) is 2.33. The Bertz CT molecular complexity index is 991. The molecule has 0 aliphatic carbocycles. The van der Waals surface area contributed by atoms with Crippen LogP contribution in [0.2, 0.25) is 5.02 Å². The van der Waals surface area contributed by atoms with Gasteiger partial charge < -0.3 is 9.47 Å². The lowest BCUT2D eigenvalue weighted by atomic mass is 9.95. The molecule has 2 aromatic heterocycles. The third-order valence-electron chi connectivity index (χ3n) is 6.06. The molecular formula is C21H23ClN4. The molecule has 2 aliphatic rings. The number of aromatic nitrogens is 2. The van der Waals surface area contributed by atoms with Gasteiger partial charge in [-0.25, -0.2) is 0 Å². The maximum Gasteiger partial charge on any atom is 0.0635 e. The summed E-state index contributed by atoms with van der Waals surface area (Å²) >= 11 is 6.33. The lowest BCUT2D eigenvalue weighted by Gasteiger charge is -2.45. The normalized spacial score (nSPS) is 23.4. The van der Waals surface area contributed by atoms with Crippen LogP contribution in [0.3, 0.4) is 0 Å². The average Bonchev–Trinajstić information content (AvgIpc) is 2.92. The minimum Gasteiger partial charge on any atom is -0.341 e. The van der Waals surface area contributed by atoms with E-state index < -0.39 is 0 Å². The topological polar surface area (TPSA) is 24.3 Å². The van der Waals surface area contributed by atoms with Crippen LogP contribution in [0, 0.1) is 6.92 Å². The van der Waals surface area contributed by atoms with Crippen LogP contribution in [0.5, 0.6) is 0 Å². The summed E-state index contributed by atoms with van der Waals surface area (Å²) in [5, 5.41) is 2.12. The van der Waals surface area contributed by atoms with Gasteiger partial charge >= 0.3 is 0 Å². The van der Waals surface area contributed by atoms with Crippen LogP contribution >= 0.6 is 11.6 Å². The second kappa shape index (κ2) is 5.81. The van der Waals surface area contributed by atoms with Crippen molar-refractivity contribution in [3.63, 3.8) is 0 Å². The number of likely N-dealkylation sites (N-methyl/N-ethyl adjacent to an activating group) is 2. The quantitative estimate of drug-likeness (QED) is 0.646. The molecule has 134 valence electrons. The standard InChI is InChI=1S/C21H23ClN4/c1-13-4-5-14(9-23-13)19-12-26-18-7-6-15(22)8-16(18)17-10-24(2)11-20(21(17)26)25(19)3/h4-9,19-20H,10-12H2,1-3H3. The van der Waals surface area contributed by atoms with Crippen LogP contribution in [0.15, 0.2) is 36.5 Å². The lowest BCUT2D eigenvalue weighted by molar-refractivity contribution is 0.0803. The molecule has 0 N–H and O–H groups in total. The van der Waals surface area contributed by atoms with Gasteiger partial charge in [0.2, 0.25) is 0 Å². The fraction of sp³-hybridized carbons (Fsp3) is 0.381. The number of hydrogen-bond acceptors (Lipinski definition) is 3. The third-order valence-corrected chi connectivity index (χ3v) is 6.30. The first-order chi connectivity index (χ1) is 12.5. The van der Waals surface area contributed by atoms with Gasteiger partial charge in [0.25, 0.3) is 0 Å². The highest BCUT2D eigenvalue weighted by Crippen LogP contribution is 2.44. The molecule has 5 rings (SSSR count). The van der Waals surface area contributed by atoms with E-state index in [0.717, 1.165) is 30.4 Å². The van der Waals surface area contributed by atoms with Crippen molar-refractivity contribution in [3.05, 3.63) is 64.1 Å². The first kappa shape index (κ1) is 16.3. The molecule has 4 nitrogen and oxygen atoms in total. The van der Waals surface area contributed by atoms with Gasteiger partial charge in [0.15, 0.2) is 0 Å². The summed E-state index contributed by atoms with van der Waals surface area (Å²) in [7, 11) is 4.47. The number of rotatable bonds is 1. The lowest BCUT2D eigenvalue weighted by Crippen LogP contribution is -2.45. The molecule has 0 saturated heterocycles. The Balaban J connectivity index is 1.71. The van der Waals surface area contributed by atoms with Gasteiger partial charge in [-0.05, 0) is 56.4 Å². The number of nitrogens with zero attached hydrogens (tertiary/aromatic N) is 4. The molecule has 5 heteroatoms. The Morgan fingerprint density at radius 3 is 2.69 bits per heavy atom. The van der Waals surface area contributed by atoms with Crippen molar-refractivity contribution < 1.29 is 0 Å². The average molecular weight is 367 g/mol. The van der Waals surface area contributed by atoms with E-state index in [1.165, 1.54) is 27.7 Å². The first-order valence-electron chi connectivity index (χ1n) is 9.16. The number of benzene rings is 1. The van der Waals surface area contributed by atoms with E-state index >= 15 is 0 Å². The van der Waals surface area contributed by atoms with Crippen molar-refractivity contribution in [1.29, 1.82) is 0 Å². The SMILES string of the molecule is Cc1ccc(C2Cn3c4c(c5cc(Cl)ccc53)CN(C)CC4N2C)cn1. The molecule has 1 aromatic carbocycles. The highest BCUT2D eigenvalue weighted by atomic mass is 35.5. The zero-order chi connectivity index (χ0) is 18.0. The molecular weight excluding hydrogens is 344 g/mol. The molecule has 0 saturated carbocycles. The van der Waals surface area contributed by atoms with Crippen LogP contribution in [0.25, 0.3) is 10.9 Å². The highest BCUT2D eigenvalue weighted by Gasteiger charge is 2.39. The molecule has 0 fully saturated rings. The summed E-state index contributed by atoms with van der Waals surface area (Å²) in [5.74, 6) is 0. The van der Waals surface area contributed by atoms with E-state index in [1.807, 2.05) is 19.2 Å². The van der Waals surface area contributed by atoms with Crippen molar-refractivity contribution in [2.75, 3.05) is 20.6 Å². The van der Waals surface area contributed by atoms with Gasteiger partial charge in [-0.15, -0.1) is 0 Å². The van der Waals surface area contributed by atoms with E-state index in [9.17, 15) is 0 Å². The maximum absolute atomic E-state index is 6.33. The predicted octanol–water partition coefficient (Wildman–Crippen LogP) is 4.17. The summed E-state index contributed by atoms with van der Waals surface area (Å²) in [6, 6.07) is 11.4. The van der Waals surface area contributed by atoms with E-state index in [0.29, 0.717) is 12.1 Å². The van der Waals surface area contributed by atoms with E-state index in [1.54, 1.807) is 0 Å². The summed E-state index contributed by atoms with van der Waals surface area (Å²) in [6.45, 7) is 5.02. The number of fused-ring (bicyclic) bond motifs is 3. The van der Waals surface area contributed by atoms with E-state index in [-0.39, 0.29) is 0 Å². The largest absolute Gasteiger partial charge is 0.341 e. The predicted molar refractivity (Wildman–Crippen MR) is 106 cm³/mol. The highest BCUT2D eigenvalue weighted by molar-refractivity contribution is 6.31. The zero-order valence-electron chi connectivity index (χ0n) is 15.4. The Hall–Kier alpha value is -1.88. The van der Waals surface area contributed by atoms with Gasteiger partial charge in [0.05, 0.1) is 12.1 Å². The van der Waals surface area contributed by atoms with Crippen LogP contribution in [-0.2, 0) is 13.1 Å². The van der Waals surface area contributed by atoms with Gasteiger partial charge in [0.1, 0.15) is 0 Å². The van der Waals surface area contributed by atoms with Gasteiger partial charge in [-0.1, -0.05) is 17.7 Å². The Morgan fingerprint density at radius 1 is 1.08 bits per heavy atom. The van der Waals surface area contributed by atoms with Crippen molar-refractivity contribution in [1.82, 2.24) is 19.4 Å². The molecule has 0 bridgehead atoms. The second-order valence-electron chi connectivity index (χ2n) is 7.76. The van der Waals surface area contributed by atoms with E-state index in [2.05, 4.69) is 57.7 Å². The molecule has 3 aromatic rings. The monoisotopic (exact) mass is 366 g/mol. The number of hydrogen-bond donors (Lipinski definition) is 0. The summed E-state index contributed by atoms with van der Waals surface area (Å²) in [5.41, 5.74) is 6.56. The van der Waals surface area contributed by atoms with Gasteiger partial charge in [-0.2, -0.15) is 0 Å². The van der Waals surface area contributed by atoms with Crippen molar-refractivity contribution in [3.8, 4) is 0 Å². The first-order valence-corrected chi connectivity index (χ1v) is 9.54. The van der Waals surface area contributed by atoms with Crippen molar-refractivity contribution >= 4 is 22.5 Å². The summed E-state index contributed by atoms with van der Waals surface area (Å²) in [4.78, 5) is 9.49. The van der Waals surface area contributed by atoms with Gasteiger partial charge in [-0.3, -0.25) is 9.88 Å². The molecule has 0 amide bonds. The van der Waals surface area contributed by atoms with Crippen molar-refractivity contribution in [2.24, 2.45) is 0 Å². The molecule has 26 heavy (non-hydrogen) atoms.